The zero-order valence-electron chi connectivity index (χ0n) is 20.2. The fourth-order valence-corrected chi connectivity index (χ4v) is 5.30. The fourth-order valence-electron chi connectivity index (χ4n) is 5.30. The lowest BCUT2D eigenvalue weighted by atomic mass is 9.86. The molecule has 11 nitrogen and oxygen atoms in total. The van der Waals surface area contributed by atoms with Gasteiger partial charge < -0.3 is 16.0 Å². The highest BCUT2D eigenvalue weighted by Gasteiger charge is 2.65. The molecule has 2 saturated heterocycles. The Hall–Kier alpha value is -5.06. The van der Waals surface area contributed by atoms with Crippen LogP contribution in [0.25, 0.3) is 0 Å². The fraction of sp³-hybridized carbons (Fsp3) is 0.185. The van der Waals surface area contributed by atoms with Crippen molar-refractivity contribution in [2.24, 2.45) is 17.6 Å². The molecule has 5 rings (SSSR count). The van der Waals surface area contributed by atoms with Crippen molar-refractivity contribution in [3.63, 3.8) is 0 Å². The zero-order chi connectivity index (χ0) is 27.1. The van der Waals surface area contributed by atoms with Crippen LogP contribution in [0.5, 0.6) is 0 Å². The molecule has 0 saturated carbocycles. The maximum Gasteiger partial charge on any atom is 0.323 e. The van der Waals surface area contributed by atoms with Crippen LogP contribution in [-0.4, -0.2) is 39.6 Å². The van der Waals surface area contributed by atoms with Gasteiger partial charge in [0.1, 0.15) is 6.04 Å². The molecule has 11 heteroatoms. The first-order valence-electron chi connectivity index (χ1n) is 11.8. The summed E-state index contributed by atoms with van der Waals surface area (Å²) in [5.41, 5.74) is 7.40. The summed E-state index contributed by atoms with van der Waals surface area (Å²) < 4.78 is 0. The second-order valence-corrected chi connectivity index (χ2v) is 9.25. The van der Waals surface area contributed by atoms with Gasteiger partial charge in [-0.15, -0.1) is 0 Å². The van der Waals surface area contributed by atoms with Crippen molar-refractivity contribution >= 4 is 40.8 Å². The molecule has 3 aromatic rings. The van der Waals surface area contributed by atoms with Crippen molar-refractivity contribution in [2.45, 2.75) is 19.0 Å². The van der Waals surface area contributed by atoms with Gasteiger partial charge in [0.25, 0.3) is 5.69 Å². The first kappa shape index (κ1) is 24.6. The number of primary amides is 1. The molecule has 2 fully saturated rings. The van der Waals surface area contributed by atoms with Crippen LogP contribution in [0.3, 0.4) is 0 Å². The van der Waals surface area contributed by atoms with Crippen LogP contribution < -0.4 is 16.0 Å². The molecule has 38 heavy (non-hydrogen) atoms. The number of nitrogens with zero attached hydrogens (tertiary/aromatic N) is 3. The quantitative estimate of drug-likeness (QED) is 0.303. The molecule has 2 aliphatic rings. The van der Waals surface area contributed by atoms with Gasteiger partial charge in [0.05, 0.1) is 28.5 Å². The molecule has 0 radical (unpaired) electrons. The molecular weight excluding hydrogens is 490 g/mol. The molecule has 3 N–H and O–H groups in total. The van der Waals surface area contributed by atoms with E-state index in [1.165, 1.54) is 23.1 Å². The number of nitrogens with one attached hydrogen (secondary N) is 1. The van der Waals surface area contributed by atoms with Crippen LogP contribution in [0.2, 0.25) is 0 Å². The number of aryl methyl sites for hydroxylation is 1. The van der Waals surface area contributed by atoms with Crippen molar-refractivity contribution in [1.29, 1.82) is 0 Å². The Morgan fingerprint density at radius 2 is 1.58 bits per heavy atom. The molecule has 0 aromatic heterocycles. The summed E-state index contributed by atoms with van der Waals surface area (Å²) in [6.07, 6.45) is 0. The molecule has 5 amide bonds. The standard InChI is InChI=1S/C27H23N5O6/c1-15-10-12-16(13-11-15)22-20-21(23(24(28)33)31(22)27(36)29-17-6-3-2-4-7-17)26(35)30(25(20)34)18-8-5-9-19(14-18)32(37)38/h2-14,20-23H,1H3,(H2,28,33)(H,29,36). The number of hydrogen-bond donors (Lipinski definition) is 2. The lowest BCUT2D eigenvalue weighted by molar-refractivity contribution is -0.384. The third-order valence-corrected chi connectivity index (χ3v) is 6.95. The van der Waals surface area contributed by atoms with Crippen LogP contribution in [-0.2, 0) is 14.4 Å². The van der Waals surface area contributed by atoms with Gasteiger partial charge in [0, 0.05) is 17.8 Å². The number of imide groups is 1. The van der Waals surface area contributed by atoms with E-state index in [0.29, 0.717) is 11.3 Å². The Kier molecular flexibility index (Phi) is 6.11. The summed E-state index contributed by atoms with van der Waals surface area (Å²) >= 11 is 0. The van der Waals surface area contributed by atoms with E-state index >= 15 is 0 Å². The Bertz CT molecular complexity index is 1460. The third kappa shape index (κ3) is 4.03. The van der Waals surface area contributed by atoms with Gasteiger partial charge in [-0.05, 0) is 30.7 Å². The summed E-state index contributed by atoms with van der Waals surface area (Å²) in [4.78, 5) is 66.7. The molecule has 0 spiro atoms. The Morgan fingerprint density at radius 1 is 0.921 bits per heavy atom. The van der Waals surface area contributed by atoms with E-state index in [2.05, 4.69) is 5.32 Å². The van der Waals surface area contributed by atoms with E-state index in [4.69, 9.17) is 5.73 Å². The third-order valence-electron chi connectivity index (χ3n) is 6.95. The minimum absolute atomic E-state index is 0.00904. The Balaban J connectivity index is 1.62. The van der Waals surface area contributed by atoms with Crippen LogP contribution in [0.15, 0.2) is 78.9 Å². The number of nitro benzene ring substituents is 1. The molecule has 2 aliphatic heterocycles. The summed E-state index contributed by atoms with van der Waals surface area (Å²) in [6.45, 7) is 1.88. The summed E-state index contributed by atoms with van der Waals surface area (Å²) in [5.74, 6) is -4.78. The number of likely N-dealkylation sites (tertiary alicyclic amines) is 1. The van der Waals surface area contributed by atoms with Crippen molar-refractivity contribution < 1.29 is 24.1 Å². The number of para-hydroxylation sites is 1. The predicted octanol–water partition coefficient (Wildman–Crippen LogP) is 3.15. The number of benzene rings is 3. The van der Waals surface area contributed by atoms with E-state index in [1.54, 1.807) is 54.6 Å². The number of fused-ring (bicyclic) bond motifs is 1. The average molecular weight is 514 g/mol. The van der Waals surface area contributed by atoms with Crippen LogP contribution in [0, 0.1) is 28.9 Å². The highest BCUT2D eigenvalue weighted by molar-refractivity contribution is 6.24. The maximum absolute atomic E-state index is 13.8. The van der Waals surface area contributed by atoms with Crippen molar-refractivity contribution in [2.75, 3.05) is 10.2 Å². The first-order valence-corrected chi connectivity index (χ1v) is 11.8. The Labute approximate surface area is 217 Å². The number of rotatable bonds is 5. The van der Waals surface area contributed by atoms with Gasteiger partial charge in [-0.2, -0.15) is 0 Å². The highest BCUT2D eigenvalue weighted by atomic mass is 16.6. The zero-order valence-corrected chi connectivity index (χ0v) is 20.2. The van der Waals surface area contributed by atoms with Crippen LogP contribution in [0.1, 0.15) is 17.2 Å². The molecular formula is C27H23N5O6. The lowest BCUT2D eigenvalue weighted by Crippen LogP contribution is -2.51. The van der Waals surface area contributed by atoms with Gasteiger partial charge in [-0.25, -0.2) is 9.69 Å². The topological polar surface area (TPSA) is 156 Å². The number of nitro groups is 1. The predicted molar refractivity (Wildman–Crippen MR) is 137 cm³/mol. The SMILES string of the molecule is Cc1ccc(C2C3C(=O)N(c4cccc([N+](=O)[O-])c4)C(=O)C3C(C(N)=O)N2C(=O)Nc2ccccc2)cc1. The smallest absolute Gasteiger partial charge is 0.323 e. The highest BCUT2D eigenvalue weighted by Crippen LogP contribution is 2.51. The number of nitrogens with two attached hydrogens (primary N) is 1. The summed E-state index contributed by atoms with van der Waals surface area (Å²) in [7, 11) is 0. The number of anilines is 2. The van der Waals surface area contributed by atoms with E-state index in [0.717, 1.165) is 16.5 Å². The maximum atomic E-state index is 13.8. The van der Waals surface area contributed by atoms with Gasteiger partial charge in [0.15, 0.2) is 0 Å². The monoisotopic (exact) mass is 513 g/mol. The lowest BCUT2D eigenvalue weighted by Gasteiger charge is -2.32. The molecule has 0 aliphatic carbocycles. The normalized spacial score (nSPS) is 22.3. The second kappa shape index (κ2) is 9.43. The number of carbonyl (C=O) groups excluding carboxylic acids is 4. The molecule has 3 aromatic carbocycles. The second-order valence-electron chi connectivity index (χ2n) is 9.25. The minimum atomic E-state index is -1.44. The molecule has 0 bridgehead atoms. The molecule has 4 atom stereocenters. The first-order chi connectivity index (χ1) is 18.2. The summed E-state index contributed by atoms with van der Waals surface area (Å²) in [6, 6.07) is 17.6. The van der Waals surface area contributed by atoms with Crippen LogP contribution in [0.4, 0.5) is 21.9 Å². The number of amides is 5. The van der Waals surface area contributed by atoms with Crippen molar-refractivity contribution in [3.8, 4) is 0 Å². The number of non-ortho nitro benzene ring substituents is 1. The van der Waals surface area contributed by atoms with Crippen molar-refractivity contribution in [1.82, 2.24) is 4.90 Å². The molecule has 192 valence electrons. The number of hydrogen-bond acceptors (Lipinski definition) is 6. The average Bonchev–Trinajstić information content (AvgIpc) is 3.38. The number of carbonyl (C=O) groups is 4. The van der Waals surface area contributed by atoms with Crippen molar-refractivity contribution in [3.05, 3.63) is 100 Å². The van der Waals surface area contributed by atoms with Gasteiger partial charge in [0.2, 0.25) is 17.7 Å². The molecule has 2 heterocycles. The van der Waals surface area contributed by atoms with Gasteiger partial charge >= 0.3 is 6.03 Å². The van der Waals surface area contributed by atoms with E-state index < -0.39 is 52.6 Å². The minimum Gasteiger partial charge on any atom is -0.368 e. The largest absolute Gasteiger partial charge is 0.368 e. The van der Waals surface area contributed by atoms with Gasteiger partial charge in [-0.3, -0.25) is 24.5 Å². The van der Waals surface area contributed by atoms with Gasteiger partial charge in [-0.1, -0.05) is 54.1 Å². The molecule has 4 unspecified atom stereocenters. The Morgan fingerprint density at radius 3 is 2.21 bits per heavy atom. The number of urea groups is 1. The van der Waals surface area contributed by atoms with E-state index in [9.17, 15) is 29.3 Å². The van der Waals surface area contributed by atoms with E-state index in [-0.39, 0.29) is 11.4 Å². The summed E-state index contributed by atoms with van der Waals surface area (Å²) in [5, 5.41) is 14.0. The van der Waals surface area contributed by atoms with E-state index in [1.807, 2.05) is 6.92 Å². The van der Waals surface area contributed by atoms with Crippen LogP contribution >= 0.6 is 0 Å².